The second kappa shape index (κ2) is 7.19. The van der Waals surface area contributed by atoms with Gasteiger partial charge in [-0.25, -0.2) is 0 Å². The van der Waals surface area contributed by atoms with Crippen molar-refractivity contribution in [1.82, 2.24) is 15.5 Å². The monoisotopic (exact) mass is 354 g/mol. The lowest BCUT2D eigenvalue weighted by Gasteiger charge is -2.27. The summed E-state index contributed by atoms with van der Waals surface area (Å²) in [6, 6.07) is 9.17. The number of hydrogen-bond acceptors (Lipinski definition) is 6. The molecule has 0 saturated carbocycles. The molecule has 1 aromatic heterocycles. The second-order valence-electron chi connectivity index (χ2n) is 6.51. The Balaban J connectivity index is 1.49. The van der Waals surface area contributed by atoms with Gasteiger partial charge in [-0.15, -0.1) is 10.2 Å². The lowest BCUT2D eigenvalue weighted by atomic mass is 10.00. The van der Waals surface area contributed by atoms with Crippen LogP contribution < -0.4 is 19.7 Å². The molecule has 7 heteroatoms. The van der Waals surface area contributed by atoms with Gasteiger partial charge in [-0.3, -0.25) is 4.79 Å². The maximum absolute atomic E-state index is 12.6. The number of benzene rings is 1. The molecule has 4 rings (SSSR count). The first-order chi connectivity index (χ1) is 12.8. The predicted molar refractivity (Wildman–Crippen MR) is 96.8 cm³/mol. The second-order valence-corrected chi connectivity index (χ2v) is 6.51. The van der Waals surface area contributed by atoms with Crippen LogP contribution in [0.15, 0.2) is 30.3 Å². The molecule has 0 spiro atoms. The number of anilines is 1. The van der Waals surface area contributed by atoms with E-state index in [0.29, 0.717) is 30.2 Å². The highest BCUT2D eigenvalue weighted by Gasteiger charge is 2.26. The van der Waals surface area contributed by atoms with E-state index in [1.165, 1.54) is 12.8 Å². The van der Waals surface area contributed by atoms with Crippen molar-refractivity contribution in [2.75, 3.05) is 31.7 Å². The molecule has 1 saturated heterocycles. The summed E-state index contributed by atoms with van der Waals surface area (Å²) in [6.07, 6.45) is 3.05. The minimum Gasteiger partial charge on any atom is -0.493 e. The highest BCUT2D eigenvalue weighted by Crippen LogP contribution is 2.39. The largest absolute Gasteiger partial charge is 0.493 e. The average Bonchev–Trinajstić information content (AvgIpc) is 3.23. The van der Waals surface area contributed by atoms with Crippen LogP contribution in [0.25, 0.3) is 0 Å². The van der Waals surface area contributed by atoms with Gasteiger partial charge in [-0.1, -0.05) is 12.1 Å². The Labute approximate surface area is 152 Å². The average molecular weight is 354 g/mol. The van der Waals surface area contributed by atoms with Crippen molar-refractivity contribution in [3.8, 4) is 11.5 Å². The quantitative estimate of drug-likeness (QED) is 0.908. The van der Waals surface area contributed by atoms with Crippen LogP contribution in [0, 0.1) is 0 Å². The molecule has 0 aliphatic carbocycles. The zero-order chi connectivity index (χ0) is 17.9. The van der Waals surface area contributed by atoms with E-state index < -0.39 is 0 Å². The minimum absolute atomic E-state index is 0.138. The van der Waals surface area contributed by atoms with Gasteiger partial charge in [0.15, 0.2) is 23.0 Å². The highest BCUT2D eigenvalue weighted by molar-refractivity contribution is 5.92. The summed E-state index contributed by atoms with van der Waals surface area (Å²) in [5.41, 5.74) is 1.24. The van der Waals surface area contributed by atoms with Gasteiger partial charge in [0, 0.05) is 25.1 Å². The number of para-hydroxylation sites is 1. The molecule has 1 unspecified atom stereocenters. The van der Waals surface area contributed by atoms with Crippen LogP contribution in [0.2, 0.25) is 0 Å². The van der Waals surface area contributed by atoms with Gasteiger partial charge < -0.3 is 19.7 Å². The fraction of sp³-hybridized carbons (Fsp3) is 0.421. The standard InChI is InChI=1S/C19H22N4O3/c1-25-16-6-4-5-13-14(9-12-26-18(13)16)20-19(24)15-7-8-17(22-21-15)23-10-2-3-11-23/h4-8,14H,2-3,9-12H2,1H3,(H,20,24). The molecule has 7 nitrogen and oxygen atoms in total. The topological polar surface area (TPSA) is 76.6 Å². The van der Waals surface area contributed by atoms with Crippen molar-refractivity contribution < 1.29 is 14.3 Å². The molecule has 1 amide bonds. The lowest BCUT2D eigenvalue weighted by Crippen LogP contribution is -2.33. The SMILES string of the molecule is COc1cccc2c1OCCC2NC(=O)c1ccc(N2CCCC2)nn1. The Morgan fingerprint density at radius 1 is 1.23 bits per heavy atom. The van der Waals surface area contributed by atoms with Gasteiger partial charge >= 0.3 is 0 Å². The summed E-state index contributed by atoms with van der Waals surface area (Å²) in [6.45, 7) is 2.53. The molecule has 1 fully saturated rings. The Hall–Kier alpha value is -2.83. The zero-order valence-electron chi connectivity index (χ0n) is 14.8. The van der Waals surface area contributed by atoms with Gasteiger partial charge in [-0.2, -0.15) is 0 Å². The molecule has 0 radical (unpaired) electrons. The van der Waals surface area contributed by atoms with Crippen LogP contribution in [-0.2, 0) is 0 Å². The maximum atomic E-state index is 12.6. The molecule has 26 heavy (non-hydrogen) atoms. The van der Waals surface area contributed by atoms with Gasteiger partial charge in [0.25, 0.3) is 5.91 Å². The van der Waals surface area contributed by atoms with Crippen molar-refractivity contribution in [2.45, 2.75) is 25.3 Å². The van der Waals surface area contributed by atoms with E-state index in [2.05, 4.69) is 20.4 Å². The van der Waals surface area contributed by atoms with E-state index >= 15 is 0 Å². The Bertz CT molecular complexity index is 788. The van der Waals surface area contributed by atoms with Gasteiger partial charge in [0.2, 0.25) is 0 Å². The third kappa shape index (κ3) is 3.16. The molecule has 1 N–H and O–H groups in total. The number of methoxy groups -OCH3 is 1. The van der Waals surface area contributed by atoms with Crippen LogP contribution in [0.1, 0.15) is 41.4 Å². The summed E-state index contributed by atoms with van der Waals surface area (Å²) in [4.78, 5) is 14.8. The number of amides is 1. The minimum atomic E-state index is -0.230. The van der Waals surface area contributed by atoms with Crippen molar-refractivity contribution in [3.63, 3.8) is 0 Å². The fourth-order valence-corrected chi connectivity index (χ4v) is 3.50. The first kappa shape index (κ1) is 16.6. The fourth-order valence-electron chi connectivity index (χ4n) is 3.50. The molecule has 0 bridgehead atoms. The van der Waals surface area contributed by atoms with E-state index in [1.807, 2.05) is 24.3 Å². The molecule has 3 heterocycles. The van der Waals surface area contributed by atoms with E-state index in [0.717, 1.165) is 24.5 Å². The molecule has 136 valence electrons. The third-order valence-electron chi connectivity index (χ3n) is 4.88. The van der Waals surface area contributed by atoms with Crippen molar-refractivity contribution in [1.29, 1.82) is 0 Å². The normalized spacial score (nSPS) is 18.8. The molecule has 2 aromatic rings. The van der Waals surface area contributed by atoms with E-state index in [-0.39, 0.29) is 11.9 Å². The Morgan fingerprint density at radius 3 is 2.81 bits per heavy atom. The van der Waals surface area contributed by atoms with E-state index in [9.17, 15) is 4.79 Å². The first-order valence-corrected chi connectivity index (χ1v) is 8.95. The maximum Gasteiger partial charge on any atom is 0.272 e. The Morgan fingerprint density at radius 2 is 2.08 bits per heavy atom. The first-order valence-electron chi connectivity index (χ1n) is 8.95. The van der Waals surface area contributed by atoms with Crippen LogP contribution >= 0.6 is 0 Å². The number of nitrogens with zero attached hydrogens (tertiary/aromatic N) is 3. The molecule has 1 aromatic carbocycles. The van der Waals surface area contributed by atoms with Gasteiger partial charge in [0.1, 0.15) is 0 Å². The lowest BCUT2D eigenvalue weighted by molar-refractivity contribution is 0.0918. The smallest absolute Gasteiger partial charge is 0.272 e. The molecular formula is C19H22N4O3. The summed E-state index contributed by atoms with van der Waals surface area (Å²) < 4.78 is 11.1. The van der Waals surface area contributed by atoms with Crippen LogP contribution in [0.5, 0.6) is 11.5 Å². The van der Waals surface area contributed by atoms with Gasteiger partial charge in [-0.05, 0) is 31.0 Å². The Kier molecular flexibility index (Phi) is 4.60. The molecule has 2 aliphatic rings. The number of aromatic nitrogens is 2. The van der Waals surface area contributed by atoms with Gasteiger partial charge in [0.05, 0.1) is 19.8 Å². The summed E-state index contributed by atoms with van der Waals surface area (Å²) in [5, 5.41) is 11.4. The number of nitrogens with one attached hydrogen (secondary N) is 1. The number of hydrogen-bond donors (Lipinski definition) is 1. The number of fused-ring (bicyclic) bond motifs is 1. The summed E-state index contributed by atoms with van der Waals surface area (Å²) >= 11 is 0. The number of carbonyl (C=O) groups is 1. The van der Waals surface area contributed by atoms with Crippen LogP contribution in [0.4, 0.5) is 5.82 Å². The molecule has 1 atom stereocenters. The van der Waals surface area contributed by atoms with E-state index in [4.69, 9.17) is 9.47 Å². The molecule has 2 aliphatic heterocycles. The van der Waals surface area contributed by atoms with Crippen molar-refractivity contribution >= 4 is 11.7 Å². The van der Waals surface area contributed by atoms with E-state index in [1.54, 1.807) is 13.2 Å². The summed E-state index contributed by atoms with van der Waals surface area (Å²) in [5.74, 6) is 1.98. The van der Waals surface area contributed by atoms with Crippen LogP contribution in [0.3, 0.4) is 0 Å². The zero-order valence-corrected chi connectivity index (χ0v) is 14.8. The predicted octanol–water partition coefficient (Wildman–Crippen LogP) is 2.34. The number of ether oxygens (including phenoxy) is 2. The third-order valence-corrected chi connectivity index (χ3v) is 4.88. The van der Waals surface area contributed by atoms with Crippen LogP contribution in [-0.4, -0.2) is 42.9 Å². The highest BCUT2D eigenvalue weighted by atomic mass is 16.5. The molecular weight excluding hydrogens is 332 g/mol. The number of rotatable bonds is 4. The summed E-state index contributed by atoms with van der Waals surface area (Å²) in [7, 11) is 1.61. The van der Waals surface area contributed by atoms with Crippen molar-refractivity contribution in [2.24, 2.45) is 0 Å². The van der Waals surface area contributed by atoms with Crippen molar-refractivity contribution in [3.05, 3.63) is 41.6 Å². The number of carbonyl (C=O) groups excluding carboxylic acids is 1.